The predicted molar refractivity (Wildman–Crippen MR) is 117 cm³/mol. The first-order valence-electron chi connectivity index (χ1n) is 9.64. The molecular weight excluding hydrogens is 410 g/mol. The van der Waals surface area contributed by atoms with Crippen LogP contribution < -0.4 is 15.6 Å². The molecule has 1 aliphatic carbocycles. The number of thiophene rings is 1. The monoisotopic (exact) mass is 431 g/mol. The van der Waals surface area contributed by atoms with Crippen LogP contribution in [0.15, 0.2) is 29.3 Å². The van der Waals surface area contributed by atoms with Gasteiger partial charge in [0.2, 0.25) is 0 Å². The van der Waals surface area contributed by atoms with Crippen molar-refractivity contribution in [3.8, 4) is 5.75 Å². The average molecular weight is 432 g/mol. The van der Waals surface area contributed by atoms with Gasteiger partial charge in [-0.25, -0.2) is 4.98 Å². The number of carbonyl (C=O) groups excluding carboxylic acids is 1. The summed E-state index contributed by atoms with van der Waals surface area (Å²) in [7, 11) is 1.53. The lowest BCUT2D eigenvalue weighted by molar-refractivity contribution is 0.102. The predicted octanol–water partition coefficient (Wildman–Crippen LogP) is 5.19. The molecule has 2 aromatic heterocycles. The number of rotatable bonds is 4. The molecule has 0 aliphatic heterocycles. The molecule has 152 valence electrons. The maximum Gasteiger partial charge on any atom is 0.271 e. The van der Waals surface area contributed by atoms with Gasteiger partial charge in [0, 0.05) is 15.9 Å². The summed E-state index contributed by atoms with van der Waals surface area (Å²) in [5.41, 5.74) is 1.27. The highest BCUT2D eigenvalue weighted by Crippen LogP contribution is 2.32. The second kappa shape index (κ2) is 8.16. The molecule has 4 rings (SSSR count). The summed E-state index contributed by atoms with van der Waals surface area (Å²) in [5, 5.41) is 3.33. The van der Waals surface area contributed by atoms with E-state index in [0.717, 1.165) is 30.6 Å². The molecule has 1 aromatic carbocycles. The van der Waals surface area contributed by atoms with Crippen molar-refractivity contribution in [3.05, 3.63) is 50.3 Å². The van der Waals surface area contributed by atoms with Gasteiger partial charge in [0.25, 0.3) is 11.5 Å². The Morgan fingerprint density at radius 1 is 1.31 bits per heavy atom. The summed E-state index contributed by atoms with van der Waals surface area (Å²) in [4.78, 5) is 31.4. The van der Waals surface area contributed by atoms with Gasteiger partial charge < -0.3 is 10.1 Å². The number of carbonyl (C=O) groups is 1. The number of aromatic nitrogens is 2. The van der Waals surface area contributed by atoms with Gasteiger partial charge in [-0.05, 0) is 38.0 Å². The van der Waals surface area contributed by atoms with Crippen molar-refractivity contribution < 1.29 is 9.53 Å². The zero-order valence-corrected chi connectivity index (χ0v) is 17.9. The third-order valence-electron chi connectivity index (χ3n) is 5.40. The summed E-state index contributed by atoms with van der Waals surface area (Å²) in [6.07, 6.45) is 7.08. The molecule has 1 amide bonds. The Morgan fingerprint density at radius 2 is 2.07 bits per heavy atom. The van der Waals surface area contributed by atoms with Crippen molar-refractivity contribution in [2.75, 3.05) is 12.4 Å². The van der Waals surface area contributed by atoms with Gasteiger partial charge >= 0.3 is 0 Å². The normalized spacial score (nSPS) is 14.9. The van der Waals surface area contributed by atoms with E-state index in [1.54, 1.807) is 29.1 Å². The summed E-state index contributed by atoms with van der Waals surface area (Å²) < 4.78 is 7.57. The van der Waals surface area contributed by atoms with E-state index in [9.17, 15) is 9.59 Å². The smallest absolute Gasteiger partial charge is 0.271 e. The molecule has 6 nitrogen and oxygen atoms in total. The third-order valence-corrected chi connectivity index (χ3v) is 6.72. The minimum absolute atomic E-state index is 0.0608. The number of benzene rings is 1. The van der Waals surface area contributed by atoms with Crippen LogP contribution in [-0.2, 0) is 0 Å². The zero-order chi connectivity index (χ0) is 20.5. The number of aryl methyl sites for hydroxylation is 1. The number of nitrogens with zero attached hydrogens (tertiary/aromatic N) is 2. The van der Waals surface area contributed by atoms with E-state index >= 15 is 0 Å². The van der Waals surface area contributed by atoms with Crippen LogP contribution in [0.3, 0.4) is 0 Å². The Bertz CT molecular complexity index is 1130. The van der Waals surface area contributed by atoms with Crippen molar-refractivity contribution in [1.82, 2.24) is 9.55 Å². The molecule has 2 heterocycles. The molecule has 29 heavy (non-hydrogen) atoms. The highest BCUT2D eigenvalue weighted by Gasteiger charge is 2.24. The molecule has 0 radical (unpaired) electrons. The molecule has 8 heteroatoms. The highest BCUT2D eigenvalue weighted by molar-refractivity contribution is 7.19. The number of hydrogen-bond acceptors (Lipinski definition) is 5. The number of nitrogens with one attached hydrogen (secondary N) is 1. The fraction of sp³-hybridized carbons (Fsp3) is 0.381. The average Bonchev–Trinajstić information content (AvgIpc) is 3.06. The van der Waals surface area contributed by atoms with Crippen molar-refractivity contribution >= 4 is 44.7 Å². The number of methoxy groups -OCH3 is 1. The van der Waals surface area contributed by atoms with Crippen LogP contribution >= 0.6 is 22.9 Å². The first kappa shape index (κ1) is 19.9. The van der Waals surface area contributed by atoms with Gasteiger partial charge in [-0.15, -0.1) is 11.3 Å². The van der Waals surface area contributed by atoms with Crippen LogP contribution in [0.5, 0.6) is 5.75 Å². The maximum absolute atomic E-state index is 13.1. The Labute approximate surface area is 177 Å². The third kappa shape index (κ3) is 3.76. The molecule has 1 N–H and O–H groups in total. The number of ether oxygens (including phenoxy) is 1. The zero-order valence-electron chi connectivity index (χ0n) is 16.3. The Morgan fingerprint density at radius 3 is 2.79 bits per heavy atom. The molecule has 0 saturated heterocycles. The Balaban J connectivity index is 1.72. The van der Waals surface area contributed by atoms with Gasteiger partial charge in [-0.3, -0.25) is 14.2 Å². The topological polar surface area (TPSA) is 73.2 Å². The minimum Gasteiger partial charge on any atom is -0.495 e. The molecule has 0 unspecified atom stereocenters. The fourth-order valence-corrected chi connectivity index (χ4v) is 5.15. The molecule has 0 atom stereocenters. The standard InChI is InChI=1S/C21H22ClN3O3S/c1-12-17(20(26)24-15-10-13(22)8-9-16(15)28-2)18-19(29-12)21(27)25(11-23-18)14-6-4-3-5-7-14/h8-11,14H,3-7H2,1-2H3,(H,24,26). The quantitative estimate of drug-likeness (QED) is 0.617. The molecular formula is C21H22ClN3O3S. The van der Waals surface area contributed by atoms with E-state index < -0.39 is 0 Å². The number of fused-ring (bicyclic) bond motifs is 1. The first-order valence-corrected chi connectivity index (χ1v) is 10.8. The van der Waals surface area contributed by atoms with E-state index in [4.69, 9.17) is 16.3 Å². The lowest BCUT2D eigenvalue weighted by Crippen LogP contribution is -2.26. The van der Waals surface area contributed by atoms with Crippen molar-refractivity contribution in [2.24, 2.45) is 0 Å². The van der Waals surface area contributed by atoms with Crippen LogP contribution in [0.25, 0.3) is 10.2 Å². The van der Waals surface area contributed by atoms with Crippen LogP contribution in [-0.4, -0.2) is 22.6 Å². The molecule has 1 aliphatic rings. The number of anilines is 1. The van der Waals surface area contributed by atoms with Crippen LogP contribution in [0.4, 0.5) is 5.69 Å². The van der Waals surface area contributed by atoms with Gasteiger partial charge in [-0.1, -0.05) is 30.9 Å². The lowest BCUT2D eigenvalue weighted by atomic mass is 9.95. The molecule has 1 fully saturated rings. The van der Waals surface area contributed by atoms with Gasteiger partial charge in [0.05, 0.1) is 24.7 Å². The number of amides is 1. The number of halogens is 1. The molecule has 1 saturated carbocycles. The Hall–Kier alpha value is -2.38. The van der Waals surface area contributed by atoms with Crippen molar-refractivity contribution in [2.45, 2.75) is 45.1 Å². The van der Waals surface area contributed by atoms with Crippen LogP contribution in [0.2, 0.25) is 5.02 Å². The fourth-order valence-electron chi connectivity index (χ4n) is 3.94. The van der Waals surface area contributed by atoms with E-state index in [2.05, 4.69) is 10.3 Å². The molecule has 0 bridgehead atoms. The lowest BCUT2D eigenvalue weighted by Gasteiger charge is -2.23. The number of hydrogen-bond donors (Lipinski definition) is 1. The molecule has 0 spiro atoms. The van der Waals surface area contributed by atoms with E-state index in [0.29, 0.717) is 32.2 Å². The summed E-state index contributed by atoms with van der Waals surface area (Å²) >= 11 is 7.38. The van der Waals surface area contributed by atoms with Crippen LogP contribution in [0, 0.1) is 6.92 Å². The minimum atomic E-state index is -0.336. The summed E-state index contributed by atoms with van der Waals surface area (Å²) in [5.74, 6) is 0.171. The van der Waals surface area contributed by atoms with E-state index in [1.807, 2.05) is 6.92 Å². The summed E-state index contributed by atoms with van der Waals surface area (Å²) in [6, 6.07) is 5.21. The van der Waals surface area contributed by atoms with Gasteiger partial charge in [-0.2, -0.15) is 0 Å². The SMILES string of the molecule is COc1ccc(Cl)cc1NC(=O)c1c(C)sc2c(=O)n(C3CCCCC3)cnc12. The highest BCUT2D eigenvalue weighted by atomic mass is 35.5. The van der Waals surface area contributed by atoms with Crippen molar-refractivity contribution in [1.29, 1.82) is 0 Å². The van der Waals surface area contributed by atoms with Crippen LogP contribution in [0.1, 0.15) is 53.4 Å². The van der Waals surface area contributed by atoms with Gasteiger partial charge in [0.1, 0.15) is 16.0 Å². The second-order valence-electron chi connectivity index (χ2n) is 7.26. The van der Waals surface area contributed by atoms with Crippen molar-refractivity contribution in [3.63, 3.8) is 0 Å². The molecule has 3 aromatic rings. The van der Waals surface area contributed by atoms with Gasteiger partial charge in [0.15, 0.2) is 0 Å². The second-order valence-corrected chi connectivity index (χ2v) is 8.92. The largest absolute Gasteiger partial charge is 0.495 e. The maximum atomic E-state index is 13.1. The first-order chi connectivity index (χ1) is 14.0. The van der Waals surface area contributed by atoms with E-state index in [1.165, 1.54) is 24.9 Å². The summed E-state index contributed by atoms with van der Waals surface area (Å²) in [6.45, 7) is 1.83. The Kier molecular flexibility index (Phi) is 5.61. The van der Waals surface area contributed by atoms with E-state index in [-0.39, 0.29) is 17.5 Å².